The van der Waals surface area contributed by atoms with E-state index >= 15 is 0 Å². The number of aromatic nitrogens is 4. The zero-order chi connectivity index (χ0) is 58.1. The molecule has 0 amide bonds. The number of rotatable bonds is 20. The molecule has 0 radical (unpaired) electrons. The maximum atomic E-state index is 14.1. The van der Waals surface area contributed by atoms with Crippen molar-refractivity contribution >= 4 is 67.3 Å². The third kappa shape index (κ3) is 13.6. The topological polar surface area (TPSA) is 79.0 Å². The summed E-state index contributed by atoms with van der Waals surface area (Å²) in [5, 5.41) is 12.4. The summed E-state index contributed by atoms with van der Waals surface area (Å²) in [7, 11) is 0. The van der Waals surface area contributed by atoms with Gasteiger partial charge in [0, 0.05) is 93.9 Å². The zero-order valence-electron chi connectivity index (χ0n) is 47.7. The molecule has 0 aliphatic carbocycles. The van der Waals surface area contributed by atoms with E-state index in [1.807, 2.05) is 36.7 Å². The van der Waals surface area contributed by atoms with Crippen LogP contribution in [0.5, 0.6) is 11.5 Å². The molecule has 6 aromatic carbocycles. The average molecular weight is 1180 g/mol. The fraction of sp³-hybridized carbons (Fsp3) is 0.382. The molecule has 0 atom stereocenters. The second-order valence-electron chi connectivity index (χ2n) is 22.4. The molecule has 0 bridgehead atoms. The summed E-state index contributed by atoms with van der Waals surface area (Å²) in [6, 6.07) is 38.9. The Labute approximate surface area is 499 Å². The summed E-state index contributed by atoms with van der Waals surface area (Å²) in [4.78, 5) is 4.42. The average Bonchev–Trinajstić information content (AvgIpc) is 2.59. The van der Waals surface area contributed by atoms with Crippen molar-refractivity contribution < 1.29 is 36.5 Å². The molecule has 0 unspecified atom stereocenters. The molecule has 4 fully saturated rings. The largest absolute Gasteiger partial charge is 0.492 e. The first-order chi connectivity index (χ1) is 41.1. The number of ether oxygens (including phenoxy) is 4. The van der Waals surface area contributed by atoms with Gasteiger partial charge in [-0.2, -0.15) is 10.2 Å². The summed E-state index contributed by atoms with van der Waals surface area (Å²) in [5.74, 6) is 1.20. The van der Waals surface area contributed by atoms with Crippen molar-refractivity contribution in [1.82, 2.24) is 29.4 Å². The van der Waals surface area contributed by atoms with Gasteiger partial charge in [-0.15, -0.1) is 0 Å². The third-order valence-electron chi connectivity index (χ3n) is 16.8. The predicted octanol–water partition coefficient (Wildman–Crippen LogP) is 15.7. The van der Waals surface area contributed by atoms with Crippen molar-refractivity contribution in [1.29, 1.82) is 0 Å². The fourth-order valence-electron chi connectivity index (χ4n) is 12.3. The Morgan fingerprint density at radius 2 is 0.940 bits per heavy atom. The SMILES string of the molecule is CC/C(=C(/c1ccc(OCCN2CC(CF)C2)cc1)c1ccc2c(cnn2C2CCOCC2)c1)c1ccc(F)cc1Cl.CC/C(=C(\c1ccc2c(cnn2C2CCOCC2)c1)c1ccc(F)cc1Cl)c1ccc(OCCN2CC(CF)C2)cc1. The van der Waals surface area contributed by atoms with Crippen LogP contribution in [0.1, 0.15) is 97.8 Å². The van der Waals surface area contributed by atoms with Gasteiger partial charge in [0.2, 0.25) is 0 Å². The molecule has 6 heterocycles. The Bertz CT molecular complexity index is 3580. The standard InChI is InChI=1S/2C34H36ClF2N3O2/c1-2-30(31-9-6-27(37)18-32(31)35)34(24-3-7-29(8-4-24)42-16-13-39-21-23(19-36)22-39)25-5-10-33-26(17-25)20-38-40(33)28-11-14-41-15-12-28;1-2-30(24-3-7-29(8-4-24)42-16-13-39-21-23(19-36)22-39)34(31-9-6-27(37)18-32(31)35)25-5-10-33-26(17-25)20-38-40(33)28-11-14-41-15-12-28/h2*3-10,17-18,20,23,28H,2,11-16,19,21-22H2,1H3/b34-30+;34-30-. The lowest BCUT2D eigenvalue weighted by atomic mass is 9.87. The van der Waals surface area contributed by atoms with Gasteiger partial charge in [0.05, 0.1) is 58.9 Å². The molecule has 4 aliphatic rings. The quantitative estimate of drug-likeness (QED) is 0.0552. The Morgan fingerprint density at radius 3 is 1.38 bits per heavy atom. The molecule has 10 nitrogen and oxygen atoms in total. The molecule has 84 heavy (non-hydrogen) atoms. The molecule has 440 valence electrons. The van der Waals surface area contributed by atoms with Crippen molar-refractivity contribution in [2.75, 3.05) is 92.3 Å². The third-order valence-corrected chi connectivity index (χ3v) is 17.4. The number of allylic oxidation sites excluding steroid dienone is 2. The van der Waals surface area contributed by atoms with E-state index in [4.69, 9.17) is 52.3 Å². The molecule has 0 N–H and O–H groups in total. The van der Waals surface area contributed by atoms with Crippen LogP contribution in [0, 0.1) is 23.5 Å². The summed E-state index contributed by atoms with van der Waals surface area (Å²) in [5.41, 5.74) is 12.0. The number of hydrogen-bond acceptors (Lipinski definition) is 8. The monoisotopic (exact) mass is 1180 g/mol. The molecular weight excluding hydrogens is 1110 g/mol. The number of halogens is 6. The molecule has 12 rings (SSSR count). The first-order valence-electron chi connectivity index (χ1n) is 29.6. The van der Waals surface area contributed by atoms with Crippen molar-refractivity contribution in [3.8, 4) is 11.5 Å². The van der Waals surface area contributed by atoms with E-state index in [1.165, 1.54) is 24.3 Å². The van der Waals surface area contributed by atoms with E-state index < -0.39 is 0 Å². The van der Waals surface area contributed by atoms with Crippen LogP contribution >= 0.6 is 23.2 Å². The lowest BCUT2D eigenvalue weighted by Crippen LogP contribution is -2.49. The summed E-state index contributed by atoms with van der Waals surface area (Å²) >= 11 is 13.3. The smallest absolute Gasteiger partial charge is 0.124 e. The molecule has 0 saturated carbocycles. The van der Waals surface area contributed by atoms with Crippen molar-refractivity contribution in [2.24, 2.45) is 11.8 Å². The Balaban J connectivity index is 0.000000175. The van der Waals surface area contributed by atoms with Crippen LogP contribution in [0.4, 0.5) is 17.6 Å². The maximum Gasteiger partial charge on any atom is 0.124 e. The number of benzene rings is 6. The Kier molecular flexibility index (Phi) is 19.5. The highest BCUT2D eigenvalue weighted by atomic mass is 35.5. The van der Waals surface area contributed by atoms with E-state index in [9.17, 15) is 17.6 Å². The fourth-order valence-corrected chi connectivity index (χ4v) is 12.8. The molecule has 4 saturated heterocycles. The normalized spacial score (nSPS) is 17.3. The summed E-state index contributed by atoms with van der Waals surface area (Å²) in [6.45, 7) is 12.7. The highest BCUT2D eigenvalue weighted by Gasteiger charge is 2.28. The van der Waals surface area contributed by atoms with Crippen molar-refractivity contribution in [3.05, 3.63) is 189 Å². The van der Waals surface area contributed by atoms with Crippen LogP contribution in [0.15, 0.2) is 134 Å². The van der Waals surface area contributed by atoms with Gasteiger partial charge < -0.3 is 18.9 Å². The zero-order valence-corrected chi connectivity index (χ0v) is 49.2. The van der Waals surface area contributed by atoms with Gasteiger partial charge in [0.1, 0.15) is 36.3 Å². The molecule has 16 heteroatoms. The number of fused-ring (bicyclic) bond motifs is 2. The molecule has 8 aromatic rings. The van der Waals surface area contributed by atoms with Crippen LogP contribution < -0.4 is 9.47 Å². The van der Waals surface area contributed by atoms with Crippen LogP contribution in [0.25, 0.3) is 44.1 Å². The van der Waals surface area contributed by atoms with E-state index in [1.54, 1.807) is 12.1 Å². The van der Waals surface area contributed by atoms with E-state index in [2.05, 4.69) is 93.7 Å². The Hall–Kier alpha value is -6.52. The van der Waals surface area contributed by atoms with Crippen molar-refractivity contribution in [3.63, 3.8) is 0 Å². The lowest BCUT2D eigenvalue weighted by Gasteiger charge is -2.37. The second-order valence-corrected chi connectivity index (χ2v) is 23.2. The van der Waals surface area contributed by atoms with Gasteiger partial charge in [-0.05, 0) is 167 Å². The minimum absolute atomic E-state index is 0.173. The second kappa shape index (κ2) is 27.7. The van der Waals surface area contributed by atoms with Crippen molar-refractivity contribution in [2.45, 2.75) is 64.5 Å². The van der Waals surface area contributed by atoms with Gasteiger partial charge in [0.15, 0.2) is 0 Å². The number of hydrogen-bond donors (Lipinski definition) is 0. The van der Waals surface area contributed by atoms with E-state index in [0.717, 1.165) is 187 Å². The molecule has 4 aliphatic heterocycles. The van der Waals surface area contributed by atoms with Gasteiger partial charge in [-0.3, -0.25) is 27.9 Å². The summed E-state index contributed by atoms with van der Waals surface area (Å²) < 4.78 is 80.9. The minimum Gasteiger partial charge on any atom is -0.492 e. The van der Waals surface area contributed by atoms with Gasteiger partial charge in [-0.1, -0.05) is 79.5 Å². The molecular formula is C68H72Cl2F4N6O4. The Morgan fingerprint density at radius 1 is 0.512 bits per heavy atom. The van der Waals surface area contributed by atoms with Gasteiger partial charge in [0.25, 0.3) is 0 Å². The molecule has 0 spiro atoms. The summed E-state index contributed by atoms with van der Waals surface area (Å²) in [6.07, 6.45) is 9.12. The first-order valence-corrected chi connectivity index (χ1v) is 30.3. The minimum atomic E-state index is -0.366. The number of alkyl halides is 2. The van der Waals surface area contributed by atoms with E-state index in [-0.39, 0.29) is 36.8 Å². The highest BCUT2D eigenvalue weighted by molar-refractivity contribution is 6.33. The highest BCUT2D eigenvalue weighted by Crippen LogP contribution is 2.42. The lowest BCUT2D eigenvalue weighted by molar-refractivity contribution is 0.0668. The molecule has 2 aromatic heterocycles. The van der Waals surface area contributed by atoms with Gasteiger partial charge >= 0.3 is 0 Å². The van der Waals surface area contributed by atoms with Crippen LogP contribution in [0.3, 0.4) is 0 Å². The van der Waals surface area contributed by atoms with Crippen LogP contribution in [-0.4, -0.2) is 122 Å². The maximum absolute atomic E-state index is 14.1. The number of nitrogens with zero attached hydrogens (tertiary/aromatic N) is 6. The first kappa shape index (κ1) is 59.2. The van der Waals surface area contributed by atoms with Crippen LogP contribution in [0.2, 0.25) is 10.0 Å². The van der Waals surface area contributed by atoms with Gasteiger partial charge in [-0.25, -0.2) is 8.78 Å². The number of likely N-dealkylation sites (tertiary alicyclic amines) is 2. The van der Waals surface area contributed by atoms with Crippen LogP contribution in [-0.2, 0) is 9.47 Å². The van der Waals surface area contributed by atoms with E-state index in [0.29, 0.717) is 41.8 Å². The predicted molar refractivity (Wildman–Crippen MR) is 329 cm³/mol.